The molecule has 5 rings (SSSR count). The van der Waals surface area contributed by atoms with E-state index in [1.54, 1.807) is 4.90 Å². The molecule has 2 amide bonds. The monoisotopic (exact) mass is 925 g/mol. The highest BCUT2D eigenvalue weighted by Crippen LogP contribution is 2.31. The summed E-state index contributed by atoms with van der Waals surface area (Å²) in [7, 11) is 2.18. The number of amides is 2. The molecule has 0 bridgehead atoms. The van der Waals surface area contributed by atoms with Crippen molar-refractivity contribution in [3.8, 4) is 11.1 Å². The number of ether oxygens (including phenoxy) is 5. The molecule has 0 saturated carbocycles. The Morgan fingerprint density at radius 1 is 0.773 bits per heavy atom. The van der Waals surface area contributed by atoms with E-state index in [1.165, 1.54) is 16.7 Å². The predicted molar refractivity (Wildman–Crippen MR) is 262 cm³/mol. The maximum absolute atomic E-state index is 13.3. The number of anilines is 2. The molecule has 16 nitrogen and oxygen atoms in total. The van der Waals surface area contributed by atoms with Crippen LogP contribution in [0.15, 0.2) is 42.5 Å². The molecule has 0 aromatic heterocycles. The summed E-state index contributed by atoms with van der Waals surface area (Å²) < 4.78 is 28.2. The minimum absolute atomic E-state index is 0.0937. The zero-order valence-corrected chi connectivity index (χ0v) is 41.0. The Morgan fingerprint density at radius 2 is 1.38 bits per heavy atom. The molecular weight excluding hydrogens is 841 g/mol. The molecule has 3 aliphatic heterocycles. The molecule has 0 spiro atoms. The third kappa shape index (κ3) is 17.6. The Morgan fingerprint density at radius 3 is 1.97 bits per heavy atom. The Labute approximate surface area is 395 Å². The van der Waals surface area contributed by atoms with Crippen molar-refractivity contribution in [2.45, 2.75) is 77.6 Å². The quantitative estimate of drug-likeness (QED) is 0.0667. The molecule has 3 saturated heterocycles. The summed E-state index contributed by atoms with van der Waals surface area (Å²) in [4.78, 5) is 37.7. The van der Waals surface area contributed by atoms with Gasteiger partial charge >= 0.3 is 0 Å². The Kier molecular flexibility index (Phi) is 23.4. The van der Waals surface area contributed by atoms with E-state index in [9.17, 15) is 14.7 Å². The van der Waals surface area contributed by atoms with E-state index in [-0.39, 0.29) is 30.8 Å². The van der Waals surface area contributed by atoms with Crippen LogP contribution in [0.25, 0.3) is 11.1 Å². The van der Waals surface area contributed by atoms with Crippen molar-refractivity contribution < 1.29 is 38.4 Å². The average molecular weight is 925 g/mol. The molecule has 3 fully saturated rings. The second kappa shape index (κ2) is 28.8. The number of piperazine rings is 2. The van der Waals surface area contributed by atoms with Crippen molar-refractivity contribution in [1.29, 1.82) is 0 Å². The number of likely N-dealkylation sites (N-methyl/N-ethyl adjacent to an activating group) is 1. The number of likely N-dealkylation sites (tertiary alicyclic amines) is 1. The van der Waals surface area contributed by atoms with E-state index >= 15 is 0 Å². The first-order valence-electron chi connectivity index (χ1n) is 24.7. The van der Waals surface area contributed by atoms with Crippen LogP contribution in [-0.4, -0.2) is 206 Å². The molecule has 3 aliphatic rings. The Balaban J connectivity index is 0.791. The van der Waals surface area contributed by atoms with Gasteiger partial charge in [0.05, 0.1) is 76.9 Å². The first-order valence-corrected chi connectivity index (χ1v) is 24.7. The van der Waals surface area contributed by atoms with Gasteiger partial charge in [-0.05, 0) is 74.0 Å². The summed E-state index contributed by atoms with van der Waals surface area (Å²) in [6.45, 7) is 24.9. The topological polar surface area (TPSA) is 167 Å². The summed E-state index contributed by atoms with van der Waals surface area (Å²) >= 11 is 0. The Hall–Kier alpha value is -3.42. The number of nitrogens with one attached hydrogen (secondary N) is 2. The number of aliphatic hydroxyl groups is 1. The molecule has 0 aliphatic carbocycles. The number of hydrogen-bond acceptors (Lipinski definition) is 14. The van der Waals surface area contributed by atoms with Crippen LogP contribution in [0.5, 0.6) is 0 Å². The lowest BCUT2D eigenvalue weighted by Crippen LogP contribution is -2.62. The number of β-amino-alcohol motifs (C(OH)–C–C–N with tert-alkyl or cyclic N) is 1. The number of hydrogen-bond donors (Lipinski definition) is 4. The maximum atomic E-state index is 13.3. The summed E-state index contributed by atoms with van der Waals surface area (Å²) in [6.07, 6.45) is 1.64. The molecule has 66 heavy (non-hydrogen) atoms. The van der Waals surface area contributed by atoms with Gasteiger partial charge in [-0.3, -0.25) is 19.4 Å². The van der Waals surface area contributed by atoms with Crippen molar-refractivity contribution in [3.63, 3.8) is 0 Å². The summed E-state index contributed by atoms with van der Waals surface area (Å²) in [5.41, 5.74) is 11.3. The van der Waals surface area contributed by atoms with Crippen LogP contribution in [0.3, 0.4) is 0 Å². The largest absolute Gasteiger partial charge is 0.397 e. The molecule has 2 aromatic carbocycles. The maximum Gasteiger partial charge on any atom is 0.248 e. The number of nitrogens with zero attached hydrogens (tertiary/aromatic N) is 5. The summed E-state index contributed by atoms with van der Waals surface area (Å²) in [5.74, 6) is -0.444. The lowest BCUT2D eigenvalue weighted by Gasteiger charge is -2.39. The van der Waals surface area contributed by atoms with Gasteiger partial charge in [0.15, 0.2) is 0 Å². The van der Waals surface area contributed by atoms with Crippen LogP contribution >= 0.6 is 0 Å². The fourth-order valence-corrected chi connectivity index (χ4v) is 8.94. The zero-order valence-electron chi connectivity index (χ0n) is 41.0. The molecule has 0 radical (unpaired) electrons. The van der Waals surface area contributed by atoms with E-state index in [0.717, 1.165) is 89.8 Å². The smallest absolute Gasteiger partial charge is 0.248 e. The van der Waals surface area contributed by atoms with E-state index < -0.39 is 11.6 Å². The van der Waals surface area contributed by atoms with Gasteiger partial charge in [-0.2, -0.15) is 0 Å². The molecule has 372 valence electrons. The molecule has 16 heteroatoms. The van der Waals surface area contributed by atoms with Crippen molar-refractivity contribution in [3.05, 3.63) is 48.0 Å². The minimum Gasteiger partial charge on any atom is -0.397 e. The minimum atomic E-state index is -0.993. The van der Waals surface area contributed by atoms with Gasteiger partial charge in [-0.15, -0.1) is 0 Å². The molecule has 5 N–H and O–H groups in total. The second-order valence-corrected chi connectivity index (χ2v) is 18.6. The number of carbonyl (C=O) groups is 2. The van der Waals surface area contributed by atoms with Gasteiger partial charge in [-0.25, -0.2) is 0 Å². The number of aliphatic hydroxyl groups excluding tert-OH is 1. The first kappa shape index (κ1) is 53.5. The van der Waals surface area contributed by atoms with Crippen LogP contribution in [-0.2, 0) is 39.8 Å². The fourth-order valence-electron chi connectivity index (χ4n) is 8.94. The number of nitrogen functional groups attached to an aromatic ring is 1. The number of benzene rings is 2. The van der Waals surface area contributed by atoms with Crippen molar-refractivity contribution in [2.75, 3.05) is 162 Å². The number of nitrogens with two attached hydrogens (primary N) is 1. The molecule has 3 atom stereocenters. The van der Waals surface area contributed by atoms with Crippen LogP contribution in [0, 0.1) is 5.92 Å². The van der Waals surface area contributed by atoms with Crippen molar-refractivity contribution in [2.24, 2.45) is 5.92 Å². The van der Waals surface area contributed by atoms with E-state index in [1.807, 2.05) is 20.8 Å². The molecule has 2 aromatic rings. The molecule has 3 unspecified atom stereocenters. The lowest BCUT2D eigenvalue weighted by atomic mass is 9.82. The fraction of sp³-hybridized carbons (Fsp3) is 0.720. The van der Waals surface area contributed by atoms with Gasteiger partial charge in [0.2, 0.25) is 11.8 Å². The third-order valence-corrected chi connectivity index (χ3v) is 13.3. The highest BCUT2D eigenvalue weighted by molar-refractivity contribution is 5.92. The van der Waals surface area contributed by atoms with E-state index in [2.05, 4.69) is 86.7 Å². The van der Waals surface area contributed by atoms with Crippen LogP contribution in [0.2, 0.25) is 0 Å². The second-order valence-electron chi connectivity index (χ2n) is 18.6. The van der Waals surface area contributed by atoms with Gasteiger partial charge in [0.1, 0.15) is 5.54 Å². The number of rotatable bonds is 30. The zero-order chi connectivity index (χ0) is 47.2. The van der Waals surface area contributed by atoms with Gasteiger partial charge in [-0.1, -0.05) is 45.0 Å². The highest BCUT2D eigenvalue weighted by atomic mass is 16.6. The first-order chi connectivity index (χ1) is 32.0. The average Bonchev–Trinajstić information content (AvgIpc) is 3.75. The summed E-state index contributed by atoms with van der Waals surface area (Å²) in [6, 6.07) is 15.9. The molecule has 3 heterocycles. The SMILES string of the molecule is CCC(NC(=O)CCOCCOCCOCCOCCOCCC(C)NCCN1CCN(Cc2cccc(-c3ccc(N4CCN(C)CC4)c(N)c3)c2)CC1)(C(=O)N1CCC(O)C1)C(C)C. The molecular formula is C50H84N8O8. The standard InChI is InChI=1S/C50H84N8O8/c1-6-50(40(2)3,49(61)58-16-12-45(59)39-58)53-48(60)14-27-63-29-31-65-33-35-66-34-32-64-30-28-62-26-13-41(4)52-15-17-55-20-22-56(23-21-55)38-42-8-7-9-43(36-42)44-10-11-47(46(51)37-44)57-24-18-54(5)19-25-57/h7-11,36-37,40-41,45,52,59H,6,12-35,38-39,51H2,1-5H3,(H,53,60). The highest BCUT2D eigenvalue weighted by Gasteiger charge is 2.45. The summed E-state index contributed by atoms with van der Waals surface area (Å²) in [5, 5.41) is 16.6. The van der Waals surface area contributed by atoms with Crippen LogP contribution in [0.1, 0.15) is 58.9 Å². The lowest BCUT2D eigenvalue weighted by molar-refractivity contribution is -0.144. The van der Waals surface area contributed by atoms with E-state index in [4.69, 9.17) is 29.4 Å². The number of carbonyl (C=O) groups excluding carboxylic acids is 2. The third-order valence-electron chi connectivity index (χ3n) is 13.3. The normalized spacial score (nSPS) is 19.1. The van der Waals surface area contributed by atoms with Crippen LogP contribution in [0.4, 0.5) is 11.4 Å². The predicted octanol–water partition coefficient (Wildman–Crippen LogP) is 3.16. The van der Waals surface area contributed by atoms with Crippen LogP contribution < -0.4 is 21.3 Å². The van der Waals surface area contributed by atoms with E-state index in [0.29, 0.717) is 91.4 Å². The van der Waals surface area contributed by atoms with Crippen molar-refractivity contribution >= 4 is 23.2 Å². The van der Waals surface area contributed by atoms with Gasteiger partial charge < -0.3 is 59.9 Å². The van der Waals surface area contributed by atoms with Gasteiger partial charge in [0, 0.05) is 104 Å². The van der Waals surface area contributed by atoms with Crippen molar-refractivity contribution in [1.82, 2.24) is 30.2 Å². The Bertz CT molecular complexity index is 1710. The van der Waals surface area contributed by atoms with Gasteiger partial charge in [0.25, 0.3) is 0 Å².